The number of aliphatic carboxylic acids is 1. The number of hydrogen-bond donors (Lipinski definition) is 4. The number of carbonyl (C=O) groups excluding carboxylic acids is 1. The van der Waals surface area contributed by atoms with Gasteiger partial charge in [-0.05, 0) is 36.2 Å². The molecule has 3 aromatic rings. The van der Waals surface area contributed by atoms with Gasteiger partial charge in [0, 0.05) is 24.7 Å². The number of carbonyl (C=O) groups is 2. The third-order valence-corrected chi connectivity index (χ3v) is 5.38. The number of carboxylic acid groups (broad SMARTS) is 1. The van der Waals surface area contributed by atoms with Crippen LogP contribution in [0.4, 0.5) is 17.1 Å². The second kappa shape index (κ2) is 11.2. The van der Waals surface area contributed by atoms with E-state index >= 15 is 0 Å². The van der Waals surface area contributed by atoms with Crippen LogP contribution in [0.5, 0.6) is 11.5 Å². The summed E-state index contributed by atoms with van der Waals surface area (Å²) >= 11 is 0. The van der Waals surface area contributed by atoms with Gasteiger partial charge < -0.3 is 30.5 Å². The SMILES string of the molecule is CCCNc1c(NC(Cc2ccc(NC(=O)c3ccc(OC)cc3OC)cc2)C(=O)O)c(=O)c1=O. The molecule has 1 atom stereocenters. The number of amides is 1. The summed E-state index contributed by atoms with van der Waals surface area (Å²) in [4.78, 5) is 48.2. The standard InChI is InChI=1S/C25H27N3O7/c1-4-11-26-20-21(23(30)22(20)29)28-18(25(32)33)12-14-5-7-15(8-6-14)27-24(31)17-10-9-16(34-2)13-19(17)35-3/h5-10,13,18,26,28H,4,11-12H2,1-3H3,(H,27,31)(H,32,33). The van der Waals surface area contributed by atoms with E-state index in [9.17, 15) is 24.3 Å². The minimum atomic E-state index is -1.16. The van der Waals surface area contributed by atoms with E-state index in [0.717, 1.165) is 6.42 Å². The summed E-state index contributed by atoms with van der Waals surface area (Å²) in [5.41, 5.74) is 0.216. The van der Waals surface area contributed by atoms with E-state index in [0.29, 0.717) is 34.9 Å². The van der Waals surface area contributed by atoms with Crippen molar-refractivity contribution in [2.75, 3.05) is 36.7 Å². The fourth-order valence-corrected chi connectivity index (χ4v) is 3.47. The highest BCUT2D eigenvalue weighted by atomic mass is 16.5. The number of nitrogens with one attached hydrogen (secondary N) is 3. The van der Waals surface area contributed by atoms with Crippen LogP contribution in [-0.2, 0) is 11.2 Å². The van der Waals surface area contributed by atoms with Gasteiger partial charge in [-0.25, -0.2) is 4.79 Å². The van der Waals surface area contributed by atoms with Crippen molar-refractivity contribution in [1.29, 1.82) is 0 Å². The number of hydrogen-bond acceptors (Lipinski definition) is 8. The van der Waals surface area contributed by atoms with E-state index in [1.165, 1.54) is 14.2 Å². The van der Waals surface area contributed by atoms with Crippen LogP contribution in [0.15, 0.2) is 52.1 Å². The number of ether oxygens (including phenoxy) is 2. The van der Waals surface area contributed by atoms with E-state index in [1.54, 1.807) is 42.5 Å². The maximum Gasteiger partial charge on any atom is 0.326 e. The number of rotatable bonds is 12. The van der Waals surface area contributed by atoms with Gasteiger partial charge in [-0.2, -0.15) is 0 Å². The molecule has 1 unspecified atom stereocenters. The Bertz CT molecular complexity index is 1280. The summed E-state index contributed by atoms with van der Waals surface area (Å²) in [7, 11) is 2.97. The van der Waals surface area contributed by atoms with Gasteiger partial charge in [0.1, 0.15) is 28.9 Å². The predicted octanol–water partition coefficient (Wildman–Crippen LogP) is 2.48. The Morgan fingerprint density at radius 2 is 1.66 bits per heavy atom. The number of carboxylic acids is 1. The highest BCUT2D eigenvalue weighted by molar-refractivity contribution is 6.06. The molecule has 184 valence electrons. The molecule has 35 heavy (non-hydrogen) atoms. The first kappa shape index (κ1) is 25.3. The summed E-state index contributed by atoms with van der Waals surface area (Å²) < 4.78 is 10.4. The number of anilines is 3. The first-order chi connectivity index (χ1) is 16.8. The van der Waals surface area contributed by atoms with Crippen molar-refractivity contribution in [2.45, 2.75) is 25.8 Å². The van der Waals surface area contributed by atoms with E-state index < -0.39 is 22.9 Å². The minimum absolute atomic E-state index is 0.00632. The third kappa shape index (κ3) is 5.78. The van der Waals surface area contributed by atoms with Gasteiger partial charge in [0.25, 0.3) is 16.8 Å². The topological polar surface area (TPSA) is 143 Å². The fourth-order valence-electron chi connectivity index (χ4n) is 3.47. The molecule has 0 aromatic heterocycles. The molecule has 0 aliphatic heterocycles. The van der Waals surface area contributed by atoms with E-state index in [-0.39, 0.29) is 23.7 Å². The van der Waals surface area contributed by atoms with E-state index in [4.69, 9.17) is 9.47 Å². The van der Waals surface area contributed by atoms with Gasteiger partial charge in [0.05, 0.1) is 19.8 Å². The van der Waals surface area contributed by atoms with E-state index in [1.807, 2.05) is 6.92 Å². The Hall–Kier alpha value is -4.34. The smallest absolute Gasteiger partial charge is 0.326 e. The van der Waals surface area contributed by atoms with Gasteiger partial charge in [-0.3, -0.25) is 14.4 Å². The van der Waals surface area contributed by atoms with Gasteiger partial charge >= 0.3 is 5.97 Å². The van der Waals surface area contributed by atoms with Crippen LogP contribution in [0.3, 0.4) is 0 Å². The first-order valence-electron chi connectivity index (χ1n) is 11.0. The van der Waals surface area contributed by atoms with Crippen molar-refractivity contribution in [2.24, 2.45) is 0 Å². The molecule has 0 aliphatic carbocycles. The molecule has 0 aliphatic rings. The molecule has 10 nitrogen and oxygen atoms in total. The average molecular weight is 482 g/mol. The van der Waals surface area contributed by atoms with E-state index in [2.05, 4.69) is 16.0 Å². The molecular weight excluding hydrogens is 454 g/mol. The minimum Gasteiger partial charge on any atom is -0.497 e. The van der Waals surface area contributed by atoms with Crippen LogP contribution in [0.1, 0.15) is 29.3 Å². The molecule has 1 amide bonds. The Kier molecular flexibility index (Phi) is 8.08. The lowest BCUT2D eigenvalue weighted by molar-refractivity contribution is -0.137. The monoisotopic (exact) mass is 481 g/mol. The molecule has 0 saturated carbocycles. The third-order valence-electron chi connectivity index (χ3n) is 5.38. The normalized spacial score (nSPS) is 11.5. The predicted molar refractivity (Wildman–Crippen MR) is 133 cm³/mol. The molecular formula is C25H27N3O7. The van der Waals surface area contributed by atoms with Crippen LogP contribution in [0.25, 0.3) is 0 Å². The molecule has 0 radical (unpaired) electrons. The zero-order valence-electron chi connectivity index (χ0n) is 19.6. The van der Waals surface area contributed by atoms with Crippen molar-refractivity contribution in [1.82, 2.24) is 0 Å². The highest BCUT2D eigenvalue weighted by Crippen LogP contribution is 2.25. The maximum atomic E-state index is 12.7. The fraction of sp³-hybridized carbons (Fsp3) is 0.280. The van der Waals surface area contributed by atoms with Crippen molar-refractivity contribution < 1.29 is 24.2 Å². The van der Waals surface area contributed by atoms with Gasteiger partial charge in [-0.1, -0.05) is 19.1 Å². The molecule has 0 fully saturated rings. The highest BCUT2D eigenvalue weighted by Gasteiger charge is 2.26. The molecule has 0 heterocycles. The van der Waals surface area contributed by atoms with Gasteiger partial charge in [-0.15, -0.1) is 0 Å². The van der Waals surface area contributed by atoms with Crippen molar-refractivity contribution in [3.05, 3.63) is 74.0 Å². The average Bonchev–Trinajstić information content (AvgIpc) is 2.87. The molecule has 0 spiro atoms. The van der Waals surface area contributed by atoms with Gasteiger partial charge in [0.2, 0.25) is 0 Å². The number of benzene rings is 2. The van der Waals surface area contributed by atoms with Crippen LogP contribution in [-0.4, -0.2) is 43.8 Å². The van der Waals surface area contributed by atoms with Crippen LogP contribution in [0, 0.1) is 0 Å². The molecule has 3 aromatic carbocycles. The van der Waals surface area contributed by atoms with Crippen molar-refractivity contribution in [3.63, 3.8) is 0 Å². The second-order valence-corrected chi connectivity index (χ2v) is 7.79. The number of methoxy groups -OCH3 is 2. The molecule has 3 rings (SSSR count). The summed E-state index contributed by atoms with van der Waals surface area (Å²) in [5, 5.41) is 17.9. The zero-order chi connectivity index (χ0) is 25.5. The Labute approximate surface area is 201 Å². The van der Waals surface area contributed by atoms with Crippen LogP contribution in [0.2, 0.25) is 0 Å². The summed E-state index contributed by atoms with van der Waals surface area (Å²) in [6.45, 7) is 2.40. The zero-order valence-corrected chi connectivity index (χ0v) is 19.6. The lowest BCUT2D eigenvalue weighted by atomic mass is 10.0. The Balaban J connectivity index is 1.69. The van der Waals surface area contributed by atoms with Crippen molar-refractivity contribution in [3.8, 4) is 11.5 Å². The lowest BCUT2D eigenvalue weighted by Gasteiger charge is -2.20. The Morgan fingerprint density at radius 1 is 0.971 bits per heavy atom. The van der Waals surface area contributed by atoms with Gasteiger partial charge in [0.15, 0.2) is 0 Å². The first-order valence-corrected chi connectivity index (χ1v) is 11.0. The maximum absolute atomic E-state index is 12.7. The Morgan fingerprint density at radius 3 is 2.26 bits per heavy atom. The molecule has 4 N–H and O–H groups in total. The largest absolute Gasteiger partial charge is 0.497 e. The summed E-state index contributed by atoms with van der Waals surface area (Å²) in [6, 6.07) is 10.4. The van der Waals surface area contributed by atoms with Crippen LogP contribution >= 0.6 is 0 Å². The van der Waals surface area contributed by atoms with Crippen LogP contribution < -0.4 is 36.3 Å². The molecule has 0 saturated heterocycles. The van der Waals surface area contributed by atoms with Crippen molar-refractivity contribution >= 4 is 28.9 Å². The molecule has 0 bridgehead atoms. The summed E-state index contributed by atoms with van der Waals surface area (Å²) in [6.07, 6.45) is 0.802. The summed E-state index contributed by atoms with van der Waals surface area (Å²) in [5.74, 6) is -0.626. The second-order valence-electron chi connectivity index (χ2n) is 7.79. The lowest BCUT2D eigenvalue weighted by Crippen LogP contribution is -2.42. The quantitative estimate of drug-likeness (QED) is 0.287. The molecule has 10 heteroatoms.